The number of nitrogens with one attached hydrogen (secondary N) is 1. The van der Waals surface area contributed by atoms with Crippen molar-refractivity contribution < 1.29 is 13.5 Å². The maximum absolute atomic E-state index is 12.2. The van der Waals surface area contributed by atoms with Gasteiger partial charge >= 0.3 is 6.61 Å². The molecule has 0 heterocycles. The maximum Gasteiger partial charge on any atom is 0.387 e. The zero-order valence-electron chi connectivity index (χ0n) is 10.2. The lowest BCUT2D eigenvalue weighted by Crippen LogP contribution is -2.17. The Balaban J connectivity index is 2.46. The molecule has 0 atom stereocenters. The van der Waals surface area contributed by atoms with Crippen molar-refractivity contribution in [2.75, 3.05) is 6.54 Å². The molecule has 17 heavy (non-hydrogen) atoms. The topological polar surface area (TPSA) is 21.3 Å². The number of para-hydroxylation sites is 1. The van der Waals surface area contributed by atoms with E-state index >= 15 is 0 Å². The van der Waals surface area contributed by atoms with Crippen LogP contribution < -0.4 is 10.1 Å². The zero-order valence-corrected chi connectivity index (χ0v) is 10.2. The van der Waals surface area contributed by atoms with Crippen molar-refractivity contribution in [3.63, 3.8) is 0 Å². The SMILES string of the molecule is CC(C)CCNCc1ccccc1OC(F)F. The van der Waals surface area contributed by atoms with E-state index in [1.54, 1.807) is 18.2 Å². The average Bonchev–Trinajstić information content (AvgIpc) is 2.25. The smallest absolute Gasteiger partial charge is 0.387 e. The number of benzene rings is 1. The summed E-state index contributed by atoms with van der Waals surface area (Å²) in [4.78, 5) is 0. The summed E-state index contributed by atoms with van der Waals surface area (Å²) in [6.07, 6.45) is 1.07. The summed E-state index contributed by atoms with van der Waals surface area (Å²) in [5, 5.41) is 3.22. The van der Waals surface area contributed by atoms with E-state index in [9.17, 15) is 8.78 Å². The summed E-state index contributed by atoms with van der Waals surface area (Å²) in [6.45, 7) is 2.95. The minimum atomic E-state index is -2.77. The monoisotopic (exact) mass is 243 g/mol. The first-order chi connectivity index (χ1) is 8.09. The van der Waals surface area contributed by atoms with Crippen molar-refractivity contribution in [3.8, 4) is 5.75 Å². The summed E-state index contributed by atoms with van der Waals surface area (Å²) >= 11 is 0. The van der Waals surface area contributed by atoms with E-state index < -0.39 is 6.61 Å². The molecule has 1 rings (SSSR count). The van der Waals surface area contributed by atoms with Gasteiger partial charge in [-0.1, -0.05) is 32.0 Å². The van der Waals surface area contributed by atoms with Gasteiger partial charge in [-0.15, -0.1) is 0 Å². The van der Waals surface area contributed by atoms with Crippen molar-refractivity contribution in [1.82, 2.24) is 5.32 Å². The van der Waals surface area contributed by atoms with Crippen LogP contribution in [-0.2, 0) is 6.54 Å². The lowest BCUT2D eigenvalue weighted by molar-refractivity contribution is -0.0504. The molecule has 2 nitrogen and oxygen atoms in total. The number of halogens is 2. The second-order valence-electron chi connectivity index (χ2n) is 4.35. The highest BCUT2D eigenvalue weighted by Crippen LogP contribution is 2.19. The van der Waals surface area contributed by atoms with Crippen LogP contribution in [0.5, 0.6) is 5.75 Å². The third-order valence-corrected chi connectivity index (χ3v) is 2.40. The molecule has 4 heteroatoms. The molecule has 0 spiro atoms. The van der Waals surface area contributed by atoms with Gasteiger partial charge in [-0.3, -0.25) is 0 Å². The van der Waals surface area contributed by atoms with Gasteiger partial charge in [-0.25, -0.2) is 0 Å². The fraction of sp³-hybridized carbons (Fsp3) is 0.538. The highest BCUT2D eigenvalue weighted by molar-refractivity contribution is 5.33. The maximum atomic E-state index is 12.2. The van der Waals surface area contributed by atoms with Gasteiger partial charge in [-0.2, -0.15) is 8.78 Å². The Morgan fingerprint density at radius 2 is 1.94 bits per heavy atom. The van der Waals surface area contributed by atoms with E-state index in [1.807, 2.05) is 6.07 Å². The van der Waals surface area contributed by atoms with Gasteiger partial charge in [0.2, 0.25) is 0 Å². The molecule has 1 aromatic rings. The van der Waals surface area contributed by atoms with Crippen LogP contribution in [0.2, 0.25) is 0 Å². The van der Waals surface area contributed by atoms with Crippen LogP contribution in [-0.4, -0.2) is 13.2 Å². The van der Waals surface area contributed by atoms with Crippen LogP contribution in [0.3, 0.4) is 0 Å². The molecule has 0 fully saturated rings. The van der Waals surface area contributed by atoms with E-state index in [-0.39, 0.29) is 5.75 Å². The largest absolute Gasteiger partial charge is 0.434 e. The third-order valence-electron chi connectivity index (χ3n) is 2.40. The molecular weight excluding hydrogens is 224 g/mol. The normalized spacial score (nSPS) is 11.2. The molecule has 0 bridgehead atoms. The highest BCUT2D eigenvalue weighted by Gasteiger charge is 2.08. The summed E-state index contributed by atoms with van der Waals surface area (Å²) < 4.78 is 28.8. The highest BCUT2D eigenvalue weighted by atomic mass is 19.3. The number of alkyl halides is 2. The number of hydrogen-bond acceptors (Lipinski definition) is 2. The van der Waals surface area contributed by atoms with E-state index in [0.29, 0.717) is 12.5 Å². The lowest BCUT2D eigenvalue weighted by atomic mass is 10.1. The molecular formula is C13H19F2NO. The second-order valence-corrected chi connectivity index (χ2v) is 4.35. The Hall–Kier alpha value is -1.16. The van der Waals surface area contributed by atoms with Gasteiger partial charge in [0.05, 0.1) is 0 Å². The van der Waals surface area contributed by atoms with Crippen molar-refractivity contribution in [2.45, 2.75) is 33.4 Å². The molecule has 0 aromatic heterocycles. The Bertz CT molecular complexity index is 329. The Kier molecular flexibility index (Phi) is 5.91. The molecule has 0 saturated carbocycles. The minimum Gasteiger partial charge on any atom is -0.434 e. The van der Waals surface area contributed by atoms with Crippen LogP contribution in [0.1, 0.15) is 25.8 Å². The lowest BCUT2D eigenvalue weighted by Gasteiger charge is -2.11. The first-order valence-electron chi connectivity index (χ1n) is 5.83. The standard InChI is InChI=1S/C13H19F2NO/c1-10(2)7-8-16-9-11-5-3-4-6-12(11)17-13(14)15/h3-6,10,13,16H,7-9H2,1-2H3. The fourth-order valence-corrected chi connectivity index (χ4v) is 1.47. The number of ether oxygens (including phenoxy) is 1. The first-order valence-corrected chi connectivity index (χ1v) is 5.83. The summed E-state index contributed by atoms with van der Waals surface area (Å²) in [5.41, 5.74) is 0.761. The van der Waals surface area contributed by atoms with Crippen LogP contribution in [0.15, 0.2) is 24.3 Å². The van der Waals surface area contributed by atoms with Crippen molar-refractivity contribution in [3.05, 3.63) is 29.8 Å². The Morgan fingerprint density at radius 1 is 1.24 bits per heavy atom. The second kappa shape index (κ2) is 7.22. The molecule has 0 aliphatic carbocycles. The van der Waals surface area contributed by atoms with Gasteiger partial charge in [-0.05, 0) is 24.9 Å². The molecule has 0 aliphatic heterocycles. The number of hydrogen-bond donors (Lipinski definition) is 1. The molecule has 96 valence electrons. The van der Waals surface area contributed by atoms with Crippen LogP contribution in [0.4, 0.5) is 8.78 Å². The van der Waals surface area contributed by atoms with E-state index in [0.717, 1.165) is 18.5 Å². The first kappa shape index (κ1) is 13.9. The molecule has 0 amide bonds. The molecule has 0 aliphatic rings. The molecule has 0 unspecified atom stereocenters. The van der Waals surface area contributed by atoms with Crippen LogP contribution in [0.25, 0.3) is 0 Å². The van der Waals surface area contributed by atoms with Crippen LogP contribution in [0, 0.1) is 5.92 Å². The van der Waals surface area contributed by atoms with E-state index in [1.165, 1.54) is 0 Å². The summed E-state index contributed by atoms with van der Waals surface area (Å²) in [5.74, 6) is 0.884. The predicted octanol–water partition coefficient (Wildman–Crippen LogP) is 3.42. The molecule has 0 radical (unpaired) electrons. The van der Waals surface area contributed by atoms with Crippen molar-refractivity contribution >= 4 is 0 Å². The third kappa shape index (κ3) is 5.63. The summed E-state index contributed by atoms with van der Waals surface area (Å²) in [7, 11) is 0. The van der Waals surface area contributed by atoms with E-state index in [2.05, 4.69) is 23.9 Å². The summed E-state index contributed by atoms with van der Waals surface area (Å²) in [6, 6.07) is 6.86. The average molecular weight is 243 g/mol. The minimum absolute atomic E-state index is 0.250. The van der Waals surface area contributed by atoms with Gasteiger partial charge in [0.25, 0.3) is 0 Å². The van der Waals surface area contributed by atoms with Crippen molar-refractivity contribution in [2.24, 2.45) is 5.92 Å². The Morgan fingerprint density at radius 3 is 2.59 bits per heavy atom. The predicted molar refractivity (Wildman–Crippen MR) is 64.2 cm³/mol. The Labute approximate surface area is 101 Å². The number of rotatable bonds is 7. The quantitative estimate of drug-likeness (QED) is 0.741. The van der Waals surface area contributed by atoms with Crippen molar-refractivity contribution in [1.29, 1.82) is 0 Å². The molecule has 1 N–H and O–H groups in total. The fourth-order valence-electron chi connectivity index (χ4n) is 1.47. The molecule has 0 saturated heterocycles. The van der Waals surface area contributed by atoms with Gasteiger partial charge in [0.1, 0.15) is 5.75 Å². The van der Waals surface area contributed by atoms with E-state index in [4.69, 9.17) is 0 Å². The van der Waals surface area contributed by atoms with Crippen LogP contribution >= 0.6 is 0 Å². The molecule has 1 aromatic carbocycles. The zero-order chi connectivity index (χ0) is 12.7. The van der Waals surface area contributed by atoms with Gasteiger partial charge in [0.15, 0.2) is 0 Å². The van der Waals surface area contributed by atoms with Gasteiger partial charge < -0.3 is 10.1 Å². The van der Waals surface area contributed by atoms with Gasteiger partial charge in [0, 0.05) is 12.1 Å².